The molecule has 2 heterocycles. The van der Waals surface area contributed by atoms with E-state index < -0.39 is 0 Å². The molecule has 1 aliphatic heterocycles. The van der Waals surface area contributed by atoms with Gasteiger partial charge in [-0.15, -0.1) is 11.3 Å². The van der Waals surface area contributed by atoms with Gasteiger partial charge in [-0.2, -0.15) is 11.8 Å². The number of nitrogens with two attached hydrogens (primary N) is 1. The van der Waals surface area contributed by atoms with E-state index in [-0.39, 0.29) is 6.04 Å². The third-order valence-corrected chi connectivity index (χ3v) is 5.51. The number of thioether (sulfide) groups is 1. The van der Waals surface area contributed by atoms with Gasteiger partial charge < -0.3 is 5.73 Å². The van der Waals surface area contributed by atoms with Crippen molar-refractivity contribution in [2.75, 3.05) is 11.5 Å². The van der Waals surface area contributed by atoms with E-state index in [9.17, 15) is 0 Å². The third kappa shape index (κ3) is 1.77. The highest BCUT2D eigenvalue weighted by molar-refractivity contribution is 7.99. The van der Waals surface area contributed by atoms with Crippen molar-refractivity contribution >= 4 is 33.2 Å². The van der Waals surface area contributed by atoms with Gasteiger partial charge in [-0.1, -0.05) is 18.2 Å². The second kappa shape index (κ2) is 4.40. The molecule has 0 saturated carbocycles. The highest BCUT2D eigenvalue weighted by Crippen LogP contribution is 2.36. The summed E-state index contributed by atoms with van der Waals surface area (Å²) in [6, 6.07) is 8.90. The van der Waals surface area contributed by atoms with Gasteiger partial charge in [0.2, 0.25) is 0 Å². The monoisotopic (exact) mass is 249 g/mol. The van der Waals surface area contributed by atoms with Gasteiger partial charge in [0.15, 0.2) is 0 Å². The van der Waals surface area contributed by atoms with Gasteiger partial charge in [-0.25, -0.2) is 0 Å². The predicted molar refractivity (Wildman–Crippen MR) is 74.2 cm³/mol. The zero-order chi connectivity index (χ0) is 11.0. The number of benzene rings is 1. The van der Waals surface area contributed by atoms with Crippen LogP contribution in [0.15, 0.2) is 29.6 Å². The topological polar surface area (TPSA) is 26.0 Å². The van der Waals surface area contributed by atoms with Crippen molar-refractivity contribution in [3.8, 4) is 0 Å². The minimum Gasteiger partial charge on any atom is -0.324 e. The second-order valence-electron chi connectivity index (χ2n) is 4.34. The lowest BCUT2D eigenvalue weighted by atomic mass is 9.93. The summed E-state index contributed by atoms with van der Waals surface area (Å²) in [4.78, 5) is 0. The largest absolute Gasteiger partial charge is 0.324 e. The molecule has 2 aromatic rings. The van der Waals surface area contributed by atoms with Crippen LogP contribution in [0.25, 0.3) is 10.1 Å². The number of hydrogen-bond acceptors (Lipinski definition) is 3. The molecule has 0 amide bonds. The average molecular weight is 249 g/mol. The molecule has 3 rings (SSSR count). The van der Waals surface area contributed by atoms with Crippen molar-refractivity contribution < 1.29 is 0 Å². The number of thiophene rings is 1. The van der Waals surface area contributed by atoms with E-state index in [4.69, 9.17) is 5.73 Å². The average Bonchev–Trinajstić information content (AvgIpc) is 2.98. The molecule has 1 aliphatic rings. The maximum Gasteiger partial charge on any atom is 0.0390 e. The zero-order valence-electron chi connectivity index (χ0n) is 9.06. The van der Waals surface area contributed by atoms with Gasteiger partial charge in [-0.3, -0.25) is 0 Å². The van der Waals surface area contributed by atoms with Crippen molar-refractivity contribution in [1.29, 1.82) is 0 Å². The molecular formula is C13H15NS2. The molecule has 2 unspecified atom stereocenters. The first-order valence-corrected chi connectivity index (χ1v) is 7.69. The number of fused-ring (bicyclic) bond motifs is 1. The fourth-order valence-electron chi connectivity index (χ4n) is 2.37. The van der Waals surface area contributed by atoms with Gasteiger partial charge in [-0.05, 0) is 46.2 Å². The summed E-state index contributed by atoms with van der Waals surface area (Å²) < 4.78 is 1.38. The third-order valence-electron chi connectivity index (χ3n) is 3.34. The van der Waals surface area contributed by atoms with E-state index in [1.165, 1.54) is 33.6 Å². The molecule has 2 N–H and O–H groups in total. The standard InChI is InChI=1S/C13H15NS2/c14-12(10-4-6-15-8-10)11-3-1-2-9-5-7-16-13(9)11/h1-3,5,7,10,12H,4,6,8,14H2. The summed E-state index contributed by atoms with van der Waals surface area (Å²) in [5.41, 5.74) is 7.77. The molecule has 1 saturated heterocycles. The first-order chi connectivity index (χ1) is 7.86. The fraction of sp³-hybridized carbons (Fsp3) is 0.385. The van der Waals surface area contributed by atoms with Gasteiger partial charge in [0, 0.05) is 10.7 Å². The second-order valence-corrected chi connectivity index (χ2v) is 6.40. The van der Waals surface area contributed by atoms with Gasteiger partial charge in [0.05, 0.1) is 0 Å². The van der Waals surface area contributed by atoms with Crippen LogP contribution in [-0.4, -0.2) is 11.5 Å². The number of hydrogen-bond donors (Lipinski definition) is 1. The summed E-state index contributed by atoms with van der Waals surface area (Å²) in [5.74, 6) is 3.17. The summed E-state index contributed by atoms with van der Waals surface area (Å²) in [6.07, 6.45) is 1.27. The van der Waals surface area contributed by atoms with E-state index in [0.29, 0.717) is 5.92 Å². The predicted octanol–water partition coefficient (Wildman–Crippen LogP) is 3.65. The van der Waals surface area contributed by atoms with Gasteiger partial charge >= 0.3 is 0 Å². The van der Waals surface area contributed by atoms with Crippen molar-refractivity contribution in [1.82, 2.24) is 0 Å². The summed E-state index contributed by atoms with van der Waals surface area (Å²) in [7, 11) is 0. The van der Waals surface area contributed by atoms with Crippen molar-refractivity contribution in [3.05, 3.63) is 35.2 Å². The molecule has 1 aromatic carbocycles. The van der Waals surface area contributed by atoms with Crippen LogP contribution in [0.5, 0.6) is 0 Å². The van der Waals surface area contributed by atoms with Crippen LogP contribution in [0, 0.1) is 5.92 Å². The molecule has 84 valence electrons. The normalized spacial score (nSPS) is 22.7. The molecule has 1 aromatic heterocycles. The van der Waals surface area contributed by atoms with E-state index >= 15 is 0 Å². The Balaban J connectivity index is 2.00. The quantitative estimate of drug-likeness (QED) is 0.879. The van der Waals surface area contributed by atoms with E-state index in [0.717, 1.165) is 0 Å². The SMILES string of the molecule is NC(c1cccc2ccsc12)C1CCSC1. The highest BCUT2D eigenvalue weighted by Gasteiger charge is 2.24. The smallest absolute Gasteiger partial charge is 0.0390 e. The van der Waals surface area contributed by atoms with Crippen molar-refractivity contribution in [2.24, 2.45) is 11.7 Å². The molecule has 16 heavy (non-hydrogen) atoms. The maximum absolute atomic E-state index is 6.42. The Kier molecular flexibility index (Phi) is 2.92. The van der Waals surface area contributed by atoms with Crippen molar-refractivity contribution in [3.63, 3.8) is 0 Å². The Labute approximate surface area is 104 Å². The van der Waals surface area contributed by atoms with Crippen LogP contribution in [0.3, 0.4) is 0 Å². The molecule has 0 aliphatic carbocycles. The molecule has 3 heteroatoms. The maximum atomic E-state index is 6.42. The van der Waals surface area contributed by atoms with Crippen LogP contribution >= 0.6 is 23.1 Å². The van der Waals surface area contributed by atoms with Crippen molar-refractivity contribution in [2.45, 2.75) is 12.5 Å². The first kappa shape index (κ1) is 10.6. The summed E-state index contributed by atoms with van der Waals surface area (Å²) >= 11 is 3.85. The Morgan fingerprint density at radius 2 is 2.25 bits per heavy atom. The summed E-state index contributed by atoms with van der Waals surface area (Å²) in [6.45, 7) is 0. The molecule has 0 radical (unpaired) electrons. The first-order valence-electron chi connectivity index (χ1n) is 5.66. The molecule has 0 bridgehead atoms. The Morgan fingerprint density at radius 3 is 3.06 bits per heavy atom. The Hall–Kier alpha value is -0.510. The van der Waals surface area contributed by atoms with E-state index in [2.05, 4.69) is 29.6 Å². The van der Waals surface area contributed by atoms with E-state index in [1.807, 2.05) is 23.1 Å². The lowest BCUT2D eigenvalue weighted by Crippen LogP contribution is -2.21. The Morgan fingerprint density at radius 1 is 1.31 bits per heavy atom. The zero-order valence-corrected chi connectivity index (χ0v) is 10.7. The van der Waals surface area contributed by atoms with Crippen LogP contribution < -0.4 is 5.73 Å². The molecule has 0 spiro atoms. The van der Waals surface area contributed by atoms with Gasteiger partial charge in [0.25, 0.3) is 0 Å². The number of rotatable bonds is 2. The van der Waals surface area contributed by atoms with Crippen LogP contribution in [-0.2, 0) is 0 Å². The minimum atomic E-state index is 0.220. The van der Waals surface area contributed by atoms with Crippen LogP contribution in [0.4, 0.5) is 0 Å². The minimum absolute atomic E-state index is 0.220. The summed E-state index contributed by atoms with van der Waals surface area (Å²) in [5, 5.41) is 3.49. The molecule has 1 nitrogen and oxygen atoms in total. The molecule has 2 atom stereocenters. The fourth-order valence-corrected chi connectivity index (χ4v) is 4.64. The lowest BCUT2D eigenvalue weighted by Gasteiger charge is -2.19. The Bertz CT molecular complexity index is 485. The lowest BCUT2D eigenvalue weighted by molar-refractivity contribution is 0.485. The van der Waals surface area contributed by atoms with E-state index in [1.54, 1.807) is 0 Å². The highest BCUT2D eigenvalue weighted by atomic mass is 32.2. The van der Waals surface area contributed by atoms with Gasteiger partial charge in [0.1, 0.15) is 0 Å². The molecule has 1 fully saturated rings. The van der Waals surface area contributed by atoms with Crippen LogP contribution in [0.1, 0.15) is 18.0 Å². The molecular weight excluding hydrogens is 234 g/mol. The van der Waals surface area contributed by atoms with Crippen LogP contribution in [0.2, 0.25) is 0 Å².